The normalized spacial score (nSPS) is 21.8. The molecule has 2 atom stereocenters. The molecule has 0 radical (unpaired) electrons. The van der Waals surface area contributed by atoms with Crippen molar-refractivity contribution >= 4 is 11.8 Å². The average molecular weight is 357 g/mol. The molecule has 0 spiro atoms. The van der Waals surface area contributed by atoms with Crippen LogP contribution in [0.1, 0.15) is 45.9 Å². The van der Waals surface area contributed by atoms with Gasteiger partial charge in [0.2, 0.25) is 5.95 Å². The second-order valence-electron chi connectivity index (χ2n) is 7.45. The molecule has 1 saturated carbocycles. The molecule has 0 saturated heterocycles. The Kier molecular flexibility index (Phi) is 5.43. The van der Waals surface area contributed by atoms with E-state index in [0.717, 1.165) is 31.4 Å². The molecule has 0 bridgehead atoms. The largest absolute Gasteiger partial charge is 0.469 e. The van der Waals surface area contributed by atoms with Crippen LogP contribution in [-0.2, 0) is 6.42 Å². The summed E-state index contributed by atoms with van der Waals surface area (Å²) in [5.41, 5.74) is 0.269. The maximum Gasteiger partial charge on any atom is 0.224 e. The predicted octanol–water partition coefficient (Wildman–Crippen LogP) is 3.19. The third-order valence-electron chi connectivity index (χ3n) is 4.95. The Balaban J connectivity index is 0.00000261. The number of aliphatic hydroxyl groups excluding tert-OH is 1. The summed E-state index contributed by atoms with van der Waals surface area (Å²) < 4.78 is 5.30. The number of nitrogens with zero attached hydrogens (tertiary/aromatic N) is 3. The Morgan fingerprint density at radius 1 is 1.46 bits per heavy atom. The van der Waals surface area contributed by atoms with E-state index in [1.807, 2.05) is 12.1 Å². The first-order valence-corrected chi connectivity index (χ1v) is 8.96. The van der Waals surface area contributed by atoms with Crippen LogP contribution in [0.15, 0.2) is 29.0 Å². The van der Waals surface area contributed by atoms with Crippen LogP contribution < -0.4 is 10.6 Å². The van der Waals surface area contributed by atoms with Gasteiger partial charge in [0, 0.05) is 20.4 Å². The zero-order valence-corrected chi connectivity index (χ0v) is 15.2. The van der Waals surface area contributed by atoms with Crippen molar-refractivity contribution in [3.05, 3.63) is 35.9 Å². The lowest BCUT2D eigenvalue weighted by molar-refractivity contribution is 0.00926. The van der Waals surface area contributed by atoms with Crippen molar-refractivity contribution in [1.82, 2.24) is 9.97 Å². The van der Waals surface area contributed by atoms with Crippen molar-refractivity contribution in [2.24, 2.45) is 5.41 Å². The summed E-state index contributed by atoms with van der Waals surface area (Å²) in [7, 11) is 0. The Bertz CT molecular complexity index is 773. The van der Waals surface area contributed by atoms with Crippen molar-refractivity contribution in [1.29, 1.82) is 5.26 Å². The van der Waals surface area contributed by atoms with E-state index in [1.165, 1.54) is 6.20 Å². The summed E-state index contributed by atoms with van der Waals surface area (Å²) in [6.45, 7) is 4.78. The number of hydrogen-bond acceptors (Lipinski definition) is 7. The Labute approximate surface area is 155 Å². The first kappa shape index (κ1) is 18.2. The molecule has 2 aromatic heterocycles. The number of anilines is 2. The summed E-state index contributed by atoms with van der Waals surface area (Å²) in [5, 5.41) is 26.0. The molecule has 2 heterocycles. The lowest BCUT2D eigenvalue weighted by atomic mass is 9.73. The number of nitriles is 1. The van der Waals surface area contributed by atoms with E-state index in [-0.39, 0.29) is 19.0 Å². The van der Waals surface area contributed by atoms with Gasteiger partial charge in [0.15, 0.2) is 0 Å². The third-order valence-corrected chi connectivity index (χ3v) is 4.95. The fraction of sp³-hybridized carbons (Fsp3) is 0.526. The standard InChI is InChI=1S/C19H25N5O2.H2/c1-19(2)10-14(5-6-16(19)25)23-17-13(11-20)12-22-18(24-17)21-8-7-15-4-3-9-26-15;/h3-4,9,12,14,16,25H,5-8,10H2,1-2H3,(H2,21,22,23,24);1H/t14-,16+;/m1./s1. The quantitative estimate of drug-likeness (QED) is 0.728. The first-order valence-electron chi connectivity index (χ1n) is 8.96. The summed E-state index contributed by atoms with van der Waals surface area (Å²) >= 11 is 0. The number of aliphatic hydroxyl groups is 1. The molecule has 0 amide bonds. The second-order valence-corrected chi connectivity index (χ2v) is 7.45. The molecule has 26 heavy (non-hydrogen) atoms. The fourth-order valence-electron chi connectivity index (χ4n) is 3.35. The highest BCUT2D eigenvalue weighted by Crippen LogP contribution is 2.36. The topological polar surface area (TPSA) is 107 Å². The minimum Gasteiger partial charge on any atom is -0.469 e. The van der Waals surface area contributed by atoms with Gasteiger partial charge in [-0.1, -0.05) is 13.8 Å². The van der Waals surface area contributed by atoms with E-state index in [4.69, 9.17) is 4.42 Å². The smallest absolute Gasteiger partial charge is 0.224 e. The van der Waals surface area contributed by atoms with Crippen molar-refractivity contribution in [3.8, 4) is 6.07 Å². The summed E-state index contributed by atoms with van der Waals surface area (Å²) in [4.78, 5) is 8.68. The monoisotopic (exact) mass is 357 g/mol. The maximum absolute atomic E-state index is 10.1. The van der Waals surface area contributed by atoms with E-state index in [9.17, 15) is 10.4 Å². The van der Waals surface area contributed by atoms with Crippen LogP contribution in [0.25, 0.3) is 0 Å². The summed E-state index contributed by atoms with van der Waals surface area (Å²) in [6.07, 6.45) is 6.04. The predicted molar refractivity (Wildman–Crippen MR) is 101 cm³/mol. The number of furan rings is 1. The maximum atomic E-state index is 10.1. The van der Waals surface area contributed by atoms with Gasteiger partial charge in [0.05, 0.1) is 18.6 Å². The summed E-state index contributed by atoms with van der Waals surface area (Å²) in [6, 6.07) is 6.10. The minimum atomic E-state index is -0.291. The van der Waals surface area contributed by atoms with Crippen molar-refractivity contribution in [2.45, 2.75) is 51.7 Å². The molecular weight excluding hydrogens is 330 g/mol. The van der Waals surface area contributed by atoms with E-state index in [2.05, 4.69) is 40.5 Å². The molecule has 0 unspecified atom stereocenters. The highest BCUT2D eigenvalue weighted by molar-refractivity contribution is 5.54. The van der Waals surface area contributed by atoms with Gasteiger partial charge in [-0.25, -0.2) is 4.98 Å². The van der Waals surface area contributed by atoms with Gasteiger partial charge in [0.1, 0.15) is 23.2 Å². The van der Waals surface area contributed by atoms with Crippen LogP contribution in [0.3, 0.4) is 0 Å². The van der Waals surface area contributed by atoms with Gasteiger partial charge in [-0.05, 0) is 36.8 Å². The highest BCUT2D eigenvalue weighted by Gasteiger charge is 2.35. The van der Waals surface area contributed by atoms with E-state index < -0.39 is 0 Å². The van der Waals surface area contributed by atoms with E-state index in [0.29, 0.717) is 23.9 Å². The van der Waals surface area contributed by atoms with E-state index in [1.54, 1.807) is 6.26 Å². The Morgan fingerprint density at radius 2 is 2.31 bits per heavy atom. The Morgan fingerprint density at radius 3 is 3.00 bits per heavy atom. The molecule has 0 aromatic carbocycles. The second kappa shape index (κ2) is 7.75. The molecule has 3 N–H and O–H groups in total. The fourth-order valence-corrected chi connectivity index (χ4v) is 3.35. The van der Waals surface area contributed by atoms with Crippen LogP contribution in [0.5, 0.6) is 0 Å². The Hall–Kier alpha value is -2.59. The van der Waals surface area contributed by atoms with Gasteiger partial charge in [0.25, 0.3) is 0 Å². The lowest BCUT2D eigenvalue weighted by Gasteiger charge is -2.40. The minimum absolute atomic E-state index is 0. The molecular formula is C19H27N5O2. The number of rotatable bonds is 6. The highest BCUT2D eigenvalue weighted by atomic mass is 16.3. The third kappa shape index (κ3) is 4.33. The van der Waals surface area contributed by atoms with Crippen molar-refractivity contribution in [3.63, 3.8) is 0 Å². The van der Waals surface area contributed by atoms with Gasteiger partial charge in [-0.2, -0.15) is 10.2 Å². The van der Waals surface area contributed by atoms with Crippen LogP contribution in [-0.4, -0.2) is 33.8 Å². The van der Waals surface area contributed by atoms with Gasteiger partial charge in [-0.15, -0.1) is 0 Å². The van der Waals surface area contributed by atoms with Crippen LogP contribution in [0, 0.1) is 16.7 Å². The van der Waals surface area contributed by atoms with Gasteiger partial charge >= 0.3 is 0 Å². The SMILES string of the molecule is CC1(C)C[C@H](Nc2nc(NCCc3ccco3)ncc2C#N)CC[C@@H]1O.[HH]. The molecule has 0 aliphatic heterocycles. The molecule has 1 aliphatic rings. The zero-order chi connectivity index (χ0) is 18.6. The van der Waals surface area contributed by atoms with Crippen molar-refractivity contribution < 1.29 is 11.0 Å². The van der Waals surface area contributed by atoms with Crippen LogP contribution >= 0.6 is 0 Å². The summed E-state index contributed by atoms with van der Waals surface area (Å²) in [5.74, 6) is 1.92. The molecule has 140 valence electrons. The molecule has 7 nitrogen and oxygen atoms in total. The molecule has 7 heteroatoms. The molecule has 1 aliphatic carbocycles. The van der Waals surface area contributed by atoms with E-state index >= 15 is 0 Å². The number of aromatic nitrogens is 2. The zero-order valence-electron chi connectivity index (χ0n) is 15.2. The van der Waals surface area contributed by atoms with Crippen LogP contribution in [0.4, 0.5) is 11.8 Å². The van der Waals surface area contributed by atoms with Crippen LogP contribution in [0.2, 0.25) is 0 Å². The first-order chi connectivity index (χ1) is 12.5. The average Bonchev–Trinajstić information content (AvgIpc) is 3.12. The molecule has 1 fully saturated rings. The van der Waals surface area contributed by atoms with Crippen molar-refractivity contribution in [2.75, 3.05) is 17.2 Å². The molecule has 3 rings (SSSR count). The number of nitrogens with one attached hydrogen (secondary N) is 2. The number of hydrogen-bond donors (Lipinski definition) is 3. The lowest BCUT2D eigenvalue weighted by Crippen LogP contribution is -2.41. The van der Waals surface area contributed by atoms with Gasteiger partial charge in [-0.3, -0.25) is 0 Å². The molecule has 2 aromatic rings. The van der Waals surface area contributed by atoms with Gasteiger partial charge < -0.3 is 20.2 Å².